The highest BCUT2D eigenvalue weighted by Gasteiger charge is 2.30. The molecule has 0 atom stereocenters. The Morgan fingerprint density at radius 3 is 2.41 bits per heavy atom. The van der Waals surface area contributed by atoms with Crippen molar-refractivity contribution in [3.8, 4) is 0 Å². The van der Waals surface area contributed by atoms with Gasteiger partial charge >= 0.3 is 6.18 Å². The van der Waals surface area contributed by atoms with E-state index in [1.807, 2.05) is 0 Å². The molecule has 2 N–H and O–H groups in total. The Labute approximate surface area is 172 Å². The van der Waals surface area contributed by atoms with Crippen molar-refractivity contribution in [2.45, 2.75) is 36.4 Å². The summed E-state index contributed by atoms with van der Waals surface area (Å²) in [5, 5.41) is 2.69. The van der Waals surface area contributed by atoms with Crippen LogP contribution in [0.1, 0.15) is 25.0 Å². The van der Waals surface area contributed by atoms with Crippen LogP contribution >= 0.6 is 11.8 Å². The van der Waals surface area contributed by atoms with Crippen molar-refractivity contribution in [1.29, 1.82) is 0 Å². The summed E-state index contributed by atoms with van der Waals surface area (Å²) in [6, 6.07) is 8.73. The SMILES string of the molecule is CSc1ccc(S(=O)(=O)NCc2cccc(C(F)(F)F)c2)cc1NC(=O)C(C)C. The molecule has 10 heteroatoms. The first-order valence-corrected chi connectivity index (χ1v) is 11.3. The molecule has 0 saturated heterocycles. The largest absolute Gasteiger partial charge is 0.416 e. The molecule has 0 heterocycles. The molecule has 1 amide bonds. The average Bonchev–Trinajstić information content (AvgIpc) is 2.66. The lowest BCUT2D eigenvalue weighted by Gasteiger charge is -2.14. The molecule has 2 aromatic carbocycles. The number of carbonyl (C=O) groups is 1. The Morgan fingerprint density at radius 1 is 1.14 bits per heavy atom. The minimum absolute atomic E-state index is 0.0960. The third-order valence-electron chi connectivity index (χ3n) is 3.98. The maximum atomic E-state index is 12.8. The lowest BCUT2D eigenvalue weighted by molar-refractivity contribution is -0.137. The van der Waals surface area contributed by atoms with Crippen molar-refractivity contribution in [2.24, 2.45) is 5.92 Å². The highest BCUT2D eigenvalue weighted by molar-refractivity contribution is 7.98. The standard InChI is InChI=1S/C19H21F3N2O3S2/c1-12(2)18(25)24-16-10-15(7-8-17(16)28-3)29(26,27)23-11-13-5-4-6-14(9-13)19(20,21)22/h4-10,12,23H,11H2,1-3H3,(H,24,25). The second-order valence-electron chi connectivity index (χ2n) is 6.53. The fourth-order valence-electron chi connectivity index (χ4n) is 2.35. The summed E-state index contributed by atoms with van der Waals surface area (Å²) < 4.78 is 65.9. The van der Waals surface area contributed by atoms with Gasteiger partial charge < -0.3 is 5.32 Å². The molecule has 0 radical (unpaired) electrons. The van der Waals surface area contributed by atoms with Gasteiger partial charge in [0.25, 0.3) is 0 Å². The molecule has 2 aromatic rings. The smallest absolute Gasteiger partial charge is 0.325 e. The van der Waals surface area contributed by atoms with Crippen molar-refractivity contribution >= 4 is 33.4 Å². The molecule has 0 aromatic heterocycles. The normalized spacial score (nSPS) is 12.2. The molecule has 0 bridgehead atoms. The van der Waals surface area contributed by atoms with Gasteiger partial charge in [-0.2, -0.15) is 13.2 Å². The number of benzene rings is 2. The first kappa shape index (κ1) is 23.2. The summed E-state index contributed by atoms with van der Waals surface area (Å²) in [5.41, 5.74) is -0.312. The van der Waals surface area contributed by atoms with Crippen LogP contribution in [0.15, 0.2) is 52.3 Å². The predicted octanol–water partition coefficient (Wildman–Crippen LogP) is 4.50. The lowest BCUT2D eigenvalue weighted by Crippen LogP contribution is -2.24. The number of rotatable bonds is 7. The van der Waals surface area contributed by atoms with Crippen LogP contribution in [0.2, 0.25) is 0 Å². The highest BCUT2D eigenvalue weighted by atomic mass is 32.2. The molecule has 0 aliphatic rings. The van der Waals surface area contributed by atoms with Crippen molar-refractivity contribution < 1.29 is 26.4 Å². The van der Waals surface area contributed by atoms with Gasteiger partial charge in [-0.1, -0.05) is 32.0 Å². The maximum Gasteiger partial charge on any atom is 0.416 e. The van der Waals surface area contributed by atoms with Crippen molar-refractivity contribution in [3.05, 3.63) is 53.6 Å². The summed E-state index contributed by atoms with van der Waals surface area (Å²) in [6.07, 6.45) is -2.72. The topological polar surface area (TPSA) is 75.3 Å². The van der Waals surface area contributed by atoms with E-state index in [1.165, 1.54) is 36.0 Å². The van der Waals surface area contributed by atoms with Gasteiger partial charge in [0.2, 0.25) is 15.9 Å². The quantitative estimate of drug-likeness (QED) is 0.614. The predicted molar refractivity (Wildman–Crippen MR) is 107 cm³/mol. The fourth-order valence-corrected chi connectivity index (χ4v) is 3.93. The summed E-state index contributed by atoms with van der Waals surface area (Å²) in [7, 11) is -4.00. The second kappa shape index (κ2) is 9.19. The Bertz CT molecular complexity index is 990. The number of halogens is 3. The number of alkyl halides is 3. The number of carbonyl (C=O) groups excluding carboxylic acids is 1. The third kappa shape index (κ3) is 6.22. The molecule has 0 aliphatic carbocycles. The van der Waals surface area contributed by atoms with E-state index in [4.69, 9.17) is 0 Å². The summed E-state index contributed by atoms with van der Waals surface area (Å²) >= 11 is 1.35. The van der Waals surface area contributed by atoms with Gasteiger partial charge in [0, 0.05) is 17.4 Å². The monoisotopic (exact) mass is 446 g/mol. The van der Waals surface area contributed by atoms with Gasteiger partial charge in [-0.05, 0) is 36.1 Å². The number of amides is 1. The number of hydrogen-bond acceptors (Lipinski definition) is 4. The van der Waals surface area contributed by atoms with E-state index in [-0.39, 0.29) is 28.8 Å². The fraction of sp³-hybridized carbons (Fsp3) is 0.316. The van der Waals surface area contributed by atoms with E-state index in [0.717, 1.165) is 12.1 Å². The minimum Gasteiger partial charge on any atom is -0.325 e. The molecule has 0 unspecified atom stereocenters. The highest BCUT2D eigenvalue weighted by Crippen LogP contribution is 2.30. The van der Waals surface area contributed by atoms with Crippen molar-refractivity contribution in [1.82, 2.24) is 4.72 Å². The molecule has 158 valence electrons. The van der Waals surface area contributed by atoms with Gasteiger partial charge in [-0.3, -0.25) is 4.79 Å². The van der Waals surface area contributed by atoms with Crippen LogP contribution in [0.25, 0.3) is 0 Å². The number of hydrogen-bond donors (Lipinski definition) is 2. The van der Waals surface area contributed by atoms with Gasteiger partial charge in [-0.15, -0.1) is 11.8 Å². The Morgan fingerprint density at radius 2 is 1.83 bits per heavy atom. The molecule has 2 rings (SSSR count). The van der Waals surface area contributed by atoms with Crippen LogP contribution < -0.4 is 10.0 Å². The number of sulfonamides is 1. The summed E-state index contributed by atoms with van der Waals surface area (Å²) in [6.45, 7) is 3.13. The average molecular weight is 447 g/mol. The number of thioether (sulfide) groups is 1. The molecule has 0 aliphatic heterocycles. The number of anilines is 1. The minimum atomic E-state index is -4.51. The zero-order chi connectivity index (χ0) is 21.8. The molecular weight excluding hydrogens is 425 g/mol. The van der Waals surface area contributed by atoms with E-state index >= 15 is 0 Å². The molecule has 29 heavy (non-hydrogen) atoms. The molecular formula is C19H21F3N2O3S2. The van der Waals surface area contributed by atoms with E-state index in [0.29, 0.717) is 10.6 Å². The zero-order valence-corrected chi connectivity index (χ0v) is 17.6. The van der Waals surface area contributed by atoms with E-state index < -0.39 is 21.8 Å². The maximum absolute atomic E-state index is 12.8. The molecule has 0 spiro atoms. The number of nitrogens with one attached hydrogen (secondary N) is 2. The van der Waals surface area contributed by atoms with Gasteiger partial charge in [0.15, 0.2) is 0 Å². The van der Waals surface area contributed by atoms with Crippen molar-refractivity contribution in [2.75, 3.05) is 11.6 Å². The Hall–Kier alpha value is -2.04. The van der Waals surface area contributed by atoms with Crippen LogP contribution in [0.3, 0.4) is 0 Å². The van der Waals surface area contributed by atoms with Crippen LogP contribution in [0.4, 0.5) is 18.9 Å². The van der Waals surface area contributed by atoms with E-state index in [2.05, 4.69) is 10.0 Å². The third-order valence-corrected chi connectivity index (χ3v) is 6.18. The zero-order valence-electron chi connectivity index (χ0n) is 16.0. The Balaban J connectivity index is 2.24. The molecule has 0 saturated carbocycles. The second-order valence-corrected chi connectivity index (χ2v) is 9.14. The van der Waals surface area contributed by atoms with Gasteiger partial charge in [-0.25, -0.2) is 13.1 Å². The Kier molecular flexibility index (Phi) is 7.36. The van der Waals surface area contributed by atoms with Gasteiger partial charge in [0.1, 0.15) is 0 Å². The first-order valence-electron chi connectivity index (χ1n) is 8.58. The van der Waals surface area contributed by atoms with Crippen LogP contribution in [-0.4, -0.2) is 20.6 Å². The van der Waals surface area contributed by atoms with Crippen molar-refractivity contribution in [3.63, 3.8) is 0 Å². The van der Waals surface area contributed by atoms with Crippen LogP contribution in [0, 0.1) is 5.92 Å². The van der Waals surface area contributed by atoms with E-state index in [9.17, 15) is 26.4 Å². The summed E-state index contributed by atoms with van der Waals surface area (Å²) in [4.78, 5) is 12.6. The summed E-state index contributed by atoms with van der Waals surface area (Å²) in [5.74, 6) is -0.546. The van der Waals surface area contributed by atoms with Gasteiger partial charge in [0.05, 0.1) is 16.1 Å². The first-order chi connectivity index (χ1) is 13.4. The van der Waals surface area contributed by atoms with Crippen LogP contribution in [-0.2, 0) is 27.5 Å². The lowest BCUT2D eigenvalue weighted by atomic mass is 10.1. The molecule has 0 fully saturated rings. The van der Waals surface area contributed by atoms with Crippen LogP contribution in [0.5, 0.6) is 0 Å². The molecule has 5 nitrogen and oxygen atoms in total. The van der Waals surface area contributed by atoms with E-state index in [1.54, 1.807) is 26.2 Å².